The quantitative estimate of drug-likeness (QED) is 0.501. The number of Topliss-reactive ketones (excluding diaryl/α,β-unsaturated/α-hetero) is 1. The van der Waals surface area contributed by atoms with E-state index in [0.29, 0.717) is 22.6 Å². The number of hydrogen-bond acceptors (Lipinski definition) is 6. The van der Waals surface area contributed by atoms with E-state index in [4.69, 9.17) is 14.2 Å². The lowest BCUT2D eigenvalue weighted by Gasteiger charge is -2.09. The molecule has 0 bridgehead atoms. The van der Waals surface area contributed by atoms with E-state index in [-0.39, 0.29) is 18.1 Å². The number of nitrogens with zero attached hydrogens (tertiary/aromatic N) is 1. The third-order valence-electron chi connectivity index (χ3n) is 3.85. The molecule has 0 amide bonds. The van der Waals surface area contributed by atoms with Gasteiger partial charge in [0.25, 0.3) is 0 Å². The third-order valence-corrected chi connectivity index (χ3v) is 3.85. The number of ether oxygens (including phenoxy) is 3. The monoisotopic (exact) mass is 351 g/mol. The van der Waals surface area contributed by atoms with Crippen molar-refractivity contribution in [2.45, 2.75) is 0 Å². The lowest BCUT2D eigenvalue weighted by Crippen LogP contribution is -2.15. The maximum absolute atomic E-state index is 12.3. The Balaban J connectivity index is 1.69. The number of para-hydroxylation sites is 1. The van der Waals surface area contributed by atoms with Crippen LogP contribution in [0.2, 0.25) is 0 Å². The molecule has 0 aliphatic carbocycles. The predicted octanol–water partition coefficient (Wildman–Crippen LogP) is 3.29. The smallest absolute Gasteiger partial charge is 0.357 e. The number of benzene rings is 2. The van der Waals surface area contributed by atoms with E-state index >= 15 is 0 Å². The number of carbonyl (C=O) groups is 2. The Morgan fingerprint density at radius 3 is 2.46 bits per heavy atom. The fraction of sp³-hybridized carbons (Fsp3) is 0.150. The summed E-state index contributed by atoms with van der Waals surface area (Å²) < 4.78 is 15.4. The summed E-state index contributed by atoms with van der Waals surface area (Å²) in [4.78, 5) is 28.7. The lowest BCUT2D eigenvalue weighted by atomic mass is 10.1. The standard InChI is InChI=1S/C20H17NO5/c1-24-18-10-8-14(11-19(18)25-2)17(22)12-26-20(23)16-9-7-13-5-3-4-6-15(13)21-16/h3-11H,12H2,1-2H3. The fourth-order valence-corrected chi connectivity index (χ4v) is 2.48. The number of aromatic nitrogens is 1. The Hall–Kier alpha value is -3.41. The van der Waals surface area contributed by atoms with E-state index in [9.17, 15) is 9.59 Å². The normalized spacial score (nSPS) is 10.4. The van der Waals surface area contributed by atoms with Crippen molar-refractivity contribution in [2.75, 3.05) is 20.8 Å². The van der Waals surface area contributed by atoms with E-state index in [1.54, 1.807) is 36.4 Å². The van der Waals surface area contributed by atoms with Gasteiger partial charge in [-0.3, -0.25) is 4.79 Å². The first-order valence-corrected chi connectivity index (χ1v) is 7.90. The molecule has 0 N–H and O–H groups in total. The number of carbonyl (C=O) groups excluding carboxylic acids is 2. The van der Waals surface area contributed by atoms with Gasteiger partial charge in [-0.25, -0.2) is 9.78 Å². The summed E-state index contributed by atoms with van der Waals surface area (Å²) in [6, 6.07) is 15.6. The fourth-order valence-electron chi connectivity index (χ4n) is 2.48. The number of fused-ring (bicyclic) bond motifs is 1. The number of ketones is 1. The summed E-state index contributed by atoms with van der Waals surface area (Å²) in [6.45, 7) is -0.386. The summed E-state index contributed by atoms with van der Waals surface area (Å²) in [6.07, 6.45) is 0. The van der Waals surface area contributed by atoms with Crippen LogP contribution >= 0.6 is 0 Å². The van der Waals surface area contributed by atoms with Crippen molar-refractivity contribution in [1.29, 1.82) is 0 Å². The molecule has 0 fully saturated rings. The van der Waals surface area contributed by atoms with Crippen molar-refractivity contribution in [1.82, 2.24) is 4.98 Å². The molecule has 132 valence electrons. The molecule has 0 radical (unpaired) electrons. The molecule has 1 heterocycles. The predicted molar refractivity (Wildman–Crippen MR) is 95.9 cm³/mol. The number of pyridine rings is 1. The average molecular weight is 351 g/mol. The zero-order chi connectivity index (χ0) is 18.5. The second-order valence-electron chi connectivity index (χ2n) is 5.46. The van der Waals surface area contributed by atoms with Crippen LogP contribution in [0.15, 0.2) is 54.6 Å². The summed E-state index contributed by atoms with van der Waals surface area (Å²) in [5.74, 6) is -0.0491. The average Bonchev–Trinajstić information content (AvgIpc) is 2.70. The van der Waals surface area contributed by atoms with Crippen molar-refractivity contribution < 1.29 is 23.8 Å². The molecule has 0 spiro atoms. The third kappa shape index (κ3) is 3.64. The number of methoxy groups -OCH3 is 2. The lowest BCUT2D eigenvalue weighted by molar-refractivity contribution is 0.0469. The zero-order valence-electron chi connectivity index (χ0n) is 14.4. The van der Waals surface area contributed by atoms with Gasteiger partial charge in [0.1, 0.15) is 5.69 Å². The minimum atomic E-state index is -0.649. The Kier molecular flexibility index (Phi) is 5.12. The van der Waals surface area contributed by atoms with Crippen molar-refractivity contribution in [3.8, 4) is 11.5 Å². The molecule has 0 aliphatic heterocycles. The molecular formula is C20H17NO5. The van der Waals surface area contributed by atoms with E-state index in [0.717, 1.165) is 5.39 Å². The second kappa shape index (κ2) is 7.65. The van der Waals surface area contributed by atoms with Gasteiger partial charge in [0.05, 0.1) is 19.7 Å². The molecule has 2 aromatic carbocycles. The van der Waals surface area contributed by atoms with Gasteiger partial charge in [-0.05, 0) is 30.3 Å². The van der Waals surface area contributed by atoms with E-state index in [1.807, 2.05) is 18.2 Å². The van der Waals surface area contributed by atoms with Gasteiger partial charge in [0.15, 0.2) is 23.9 Å². The Labute approximate surface area is 150 Å². The number of rotatable bonds is 6. The van der Waals surface area contributed by atoms with Gasteiger partial charge >= 0.3 is 5.97 Å². The van der Waals surface area contributed by atoms with Crippen LogP contribution in [0, 0.1) is 0 Å². The van der Waals surface area contributed by atoms with Crippen LogP contribution in [-0.2, 0) is 4.74 Å². The van der Waals surface area contributed by atoms with Crippen LogP contribution in [0.25, 0.3) is 10.9 Å². The first-order valence-electron chi connectivity index (χ1n) is 7.90. The first kappa shape index (κ1) is 17.4. The number of hydrogen-bond donors (Lipinski definition) is 0. The molecule has 0 aliphatic rings. The SMILES string of the molecule is COc1ccc(C(=O)COC(=O)c2ccc3ccccc3n2)cc1OC. The van der Waals surface area contributed by atoms with E-state index in [1.165, 1.54) is 14.2 Å². The summed E-state index contributed by atoms with van der Waals surface area (Å²) in [7, 11) is 3.00. The van der Waals surface area contributed by atoms with E-state index < -0.39 is 5.97 Å². The highest BCUT2D eigenvalue weighted by molar-refractivity contribution is 5.99. The minimum absolute atomic E-state index is 0.156. The van der Waals surface area contributed by atoms with Crippen molar-refractivity contribution in [3.05, 3.63) is 65.9 Å². The molecule has 26 heavy (non-hydrogen) atoms. The van der Waals surface area contributed by atoms with Crippen molar-refractivity contribution >= 4 is 22.7 Å². The van der Waals surface area contributed by atoms with Gasteiger partial charge in [-0.15, -0.1) is 0 Å². The first-order chi connectivity index (χ1) is 12.6. The van der Waals surface area contributed by atoms with Crippen LogP contribution in [0.5, 0.6) is 11.5 Å². The molecule has 0 unspecified atom stereocenters. The van der Waals surface area contributed by atoms with Gasteiger partial charge in [0, 0.05) is 10.9 Å². The van der Waals surface area contributed by atoms with Gasteiger partial charge in [0.2, 0.25) is 0 Å². The maximum Gasteiger partial charge on any atom is 0.357 e. The van der Waals surface area contributed by atoms with E-state index in [2.05, 4.69) is 4.98 Å². The van der Waals surface area contributed by atoms with Crippen LogP contribution in [-0.4, -0.2) is 37.6 Å². The van der Waals surface area contributed by atoms with Gasteiger partial charge in [-0.1, -0.05) is 24.3 Å². The molecule has 3 rings (SSSR count). The summed E-state index contributed by atoms with van der Waals surface area (Å²) in [5, 5.41) is 0.922. The summed E-state index contributed by atoms with van der Waals surface area (Å²) >= 11 is 0. The van der Waals surface area contributed by atoms with Crippen LogP contribution in [0.1, 0.15) is 20.8 Å². The van der Waals surface area contributed by atoms with Gasteiger partial charge in [-0.2, -0.15) is 0 Å². The molecule has 0 saturated carbocycles. The van der Waals surface area contributed by atoms with Crippen LogP contribution < -0.4 is 9.47 Å². The Bertz CT molecular complexity index is 967. The van der Waals surface area contributed by atoms with Crippen LogP contribution in [0.4, 0.5) is 0 Å². The molecule has 1 aromatic heterocycles. The minimum Gasteiger partial charge on any atom is -0.493 e. The van der Waals surface area contributed by atoms with Crippen LogP contribution in [0.3, 0.4) is 0 Å². The maximum atomic E-state index is 12.3. The second-order valence-corrected chi connectivity index (χ2v) is 5.46. The molecule has 0 atom stereocenters. The van der Waals surface area contributed by atoms with Crippen molar-refractivity contribution in [3.63, 3.8) is 0 Å². The molecule has 6 heteroatoms. The Morgan fingerprint density at radius 1 is 0.923 bits per heavy atom. The molecule has 3 aromatic rings. The zero-order valence-corrected chi connectivity index (χ0v) is 14.4. The largest absolute Gasteiger partial charge is 0.493 e. The molecule has 0 saturated heterocycles. The highest BCUT2D eigenvalue weighted by atomic mass is 16.5. The molecule has 6 nitrogen and oxygen atoms in total. The highest BCUT2D eigenvalue weighted by Gasteiger charge is 2.15. The number of esters is 1. The topological polar surface area (TPSA) is 74.7 Å². The summed E-state index contributed by atoms with van der Waals surface area (Å²) in [5.41, 5.74) is 1.21. The molecular weight excluding hydrogens is 334 g/mol. The van der Waals surface area contributed by atoms with Crippen molar-refractivity contribution in [2.24, 2.45) is 0 Å². The highest BCUT2D eigenvalue weighted by Crippen LogP contribution is 2.27. The van der Waals surface area contributed by atoms with Gasteiger partial charge < -0.3 is 14.2 Å². The Morgan fingerprint density at radius 2 is 1.69 bits per heavy atom.